The van der Waals surface area contributed by atoms with Crippen LogP contribution in [0.2, 0.25) is 4.34 Å². The number of carbonyl (C=O) groups excluding carboxylic acids is 1. The minimum atomic E-state index is -4.40. The maximum absolute atomic E-state index is 12.4. The quantitative estimate of drug-likeness (QED) is 0.717. The lowest BCUT2D eigenvalue weighted by atomic mass is 10.1. The zero-order valence-electron chi connectivity index (χ0n) is 9.72. The molecule has 0 saturated carbocycles. The maximum atomic E-state index is 12.4. The van der Waals surface area contributed by atoms with E-state index in [0.29, 0.717) is 9.21 Å². The Balaban J connectivity index is 2.30. The summed E-state index contributed by atoms with van der Waals surface area (Å²) in [6.07, 6.45) is -4.40. The number of carbonyl (C=O) groups is 1. The second-order valence-electron chi connectivity index (χ2n) is 3.97. The normalized spacial score (nSPS) is 11.6. The van der Waals surface area contributed by atoms with Crippen LogP contribution in [0.5, 0.6) is 0 Å². The number of halogens is 4. The van der Waals surface area contributed by atoms with Crippen molar-refractivity contribution in [1.29, 1.82) is 0 Å². The number of rotatable bonds is 2. The Labute approximate surface area is 116 Å². The monoisotopic (exact) mass is 304 g/mol. The Bertz CT molecular complexity index is 594. The summed E-state index contributed by atoms with van der Waals surface area (Å²) in [5.74, 6) is -0.325. The number of hydrogen-bond donors (Lipinski definition) is 0. The van der Waals surface area contributed by atoms with E-state index in [2.05, 4.69) is 0 Å². The molecule has 0 aliphatic rings. The third kappa shape index (κ3) is 2.98. The van der Waals surface area contributed by atoms with Gasteiger partial charge < -0.3 is 0 Å². The minimum absolute atomic E-state index is 0.214. The van der Waals surface area contributed by atoms with Crippen molar-refractivity contribution in [2.24, 2.45) is 0 Å². The lowest BCUT2D eigenvalue weighted by Crippen LogP contribution is -2.06. The standard InChI is InChI=1S/C13H8ClF3OS/c1-7-6-10(19-12(7)14)11(18)8-2-4-9(5-3-8)13(15,16)17/h2-6H,1H3. The lowest BCUT2D eigenvalue weighted by molar-refractivity contribution is -0.137. The molecule has 1 aromatic carbocycles. The van der Waals surface area contributed by atoms with Crippen LogP contribution in [0.15, 0.2) is 30.3 Å². The Morgan fingerprint density at radius 1 is 1.21 bits per heavy atom. The summed E-state index contributed by atoms with van der Waals surface area (Å²) in [5, 5.41) is 0. The third-order valence-electron chi connectivity index (χ3n) is 2.56. The Kier molecular flexibility index (Phi) is 3.69. The van der Waals surface area contributed by atoms with Gasteiger partial charge in [-0.3, -0.25) is 4.79 Å². The van der Waals surface area contributed by atoms with Crippen molar-refractivity contribution in [2.45, 2.75) is 13.1 Å². The zero-order chi connectivity index (χ0) is 14.2. The highest BCUT2D eigenvalue weighted by Gasteiger charge is 2.30. The Morgan fingerprint density at radius 2 is 1.79 bits per heavy atom. The molecule has 1 aromatic heterocycles. The highest BCUT2D eigenvalue weighted by molar-refractivity contribution is 7.18. The number of aryl methyl sites for hydroxylation is 1. The van der Waals surface area contributed by atoms with Gasteiger partial charge in [0.05, 0.1) is 14.8 Å². The average Bonchev–Trinajstić information content (AvgIpc) is 2.68. The molecular formula is C13H8ClF3OS. The first-order valence-corrected chi connectivity index (χ1v) is 6.46. The van der Waals surface area contributed by atoms with Gasteiger partial charge in [-0.2, -0.15) is 13.2 Å². The fourth-order valence-electron chi connectivity index (χ4n) is 1.52. The van der Waals surface area contributed by atoms with E-state index in [-0.39, 0.29) is 11.3 Å². The number of benzene rings is 1. The summed E-state index contributed by atoms with van der Waals surface area (Å²) in [6.45, 7) is 1.77. The van der Waals surface area contributed by atoms with Crippen LogP contribution in [0.25, 0.3) is 0 Å². The predicted molar refractivity (Wildman–Crippen MR) is 68.9 cm³/mol. The highest BCUT2D eigenvalue weighted by Crippen LogP contribution is 2.31. The summed E-state index contributed by atoms with van der Waals surface area (Å²) in [4.78, 5) is 12.5. The molecule has 1 heterocycles. The molecule has 0 radical (unpaired) electrons. The smallest absolute Gasteiger partial charge is 0.288 e. The highest BCUT2D eigenvalue weighted by atomic mass is 35.5. The number of hydrogen-bond acceptors (Lipinski definition) is 2. The molecule has 0 amide bonds. The van der Waals surface area contributed by atoms with Crippen LogP contribution in [0.3, 0.4) is 0 Å². The van der Waals surface area contributed by atoms with Gasteiger partial charge in [0.2, 0.25) is 5.78 Å². The molecule has 2 aromatic rings. The van der Waals surface area contributed by atoms with Crippen molar-refractivity contribution in [3.05, 3.63) is 56.2 Å². The maximum Gasteiger partial charge on any atom is 0.416 e. The summed E-state index contributed by atoms with van der Waals surface area (Å²) in [5.41, 5.74) is 0.220. The first-order valence-electron chi connectivity index (χ1n) is 5.27. The molecule has 0 unspecified atom stereocenters. The second-order valence-corrected chi connectivity index (χ2v) is 5.63. The Morgan fingerprint density at radius 3 is 2.21 bits per heavy atom. The molecule has 0 aliphatic carbocycles. The predicted octanol–water partition coefficient (Wildman–Crippen LogP) is 4.96. The number of thiophene rings is 1. The molecular weight excluding hydrogens is 297 g/mol. The van der Waals surface area contributed by atoms with Gasteiger partial charge in [-0.05, 0) is 30.7 Å². The van der Waals surface area contributed by atoms with Gasteiger partial charge in [-0.25, -0.2) is 0 Å². The van der Waals surface area contributed by atoms with Crippen molar-refractivity contribution < 1.29 is 18.0 Å². The first kappa shape index (κ1) is 14.1. The molecule has 0 fully saturated rings. The molecule has 100 valence electrons. The third-order valence-corrected chi connectivity index (χ3v) is 4.11. The van der Waals surface area contributed by atoms with Gasteiger partial charge in [-0.15, -0.1) is 11.3 Å². The van der Waals surface area contributed by atoms with Crippen LogP contribution >= 0.6 is 22.9 Å². The van der Waals surface area contributed by atoms with E-state index in [4.69, 9.17) is 11.6 Å². The van der Waals surface area contributed by atoms with E-state index < -0.39 is 11.7 Å². The summed E-state index contributed by atoms with van der Waals surface area (Å²) in [6, 6.07) is 5.78. The molecule has 0 atom stereocenters. The first-order chi connectivity index (χ1) is 8.79. The molecule has 6 heteroatoms. The van der Waals surface area contributed by atoms with Gasteiger partial charge in [-0.1, -0.05) is 23.7 Å². The molecule has 19 heavy (non-hydrogen) atoms. The summed E-state index contributed by atoms with van der Waals surface area (Å²) in [7, 11) is 0. The zero-order valence-corrected chi connectivity index (χ0v) is 11.3. The van der Waals surface area contributed by atoms with Crippen molar-refractivity contribution >= 4 is 28.7 Å². The molecule has 0 saturated heterocycles. The topological polar surface area (TPSA) is 17.1 Å². The van der Waals surface area contributed by atoms with Crippen molar-refractivity contribution in [3.8, 4) is 0 Å². The molecule has 2 rings (SSSR count). The van der Waals surface area contributed by atoms with Crippen molar-refractivity contribution in [3.63, 3.8) is 0 Å². The van der Waals surface area contributed by atoms with E-state index in [1.807, 2.05) is 0 Å². The van der Waals surface area contributed by atoms with Gasteiger partial charge in [0.15, 0.2) is 0 Å². The van der Waals surface area contributed by atoms with E-state index in [9.17, 15) is 18.0 Å². The van der Waals surface area contributed by atoms with E-state index >= 15 is 0 Å². The summed E-state index contributed by atoms with van der Waals surface area (Å²) < 4.78 is 37.7. The van der Waals surface area contributed by atoms with Crippen LogP contribution in [0.4, 0.5) is 13.2 Å². The minimum Gasteiger partial charge on any atom is -0.288 e. The van der Waals surface area contributed by atoms with E-state index in [0.717, 1.165) is 29.0 Å². The van der Waals surface area contributed by atoms with Crippen molar-refractivity contribution in [1.82, 2.24) is 0 Å². The fraction of sp³-hybridized carbons (Fsp3) is 0.154. The molecule has 0 spiro atoms. The molecule has 0 aliphatic heterocycles. The molecule has 0 bridgehead atoms. The fourth-order valence-corrected chi connectivity index (χ4v) is 2.69. The SMILES string of the molecule is Cc1cc(C(=O)c2ccc(C(F)(F)F)cc2)sc1Cl. The van der Waals surface area contributed by atoms with Gasteiger partial charge in [0.25, 0.3) is 0 Å². The van der Waals surface area contributed by atoms with E-state index in [1.54, 1.807) is 13.0 Å². The largest absolute Gasteiger partial charge is 0.416 e. The molecule has 1 nitrogen and oxygen atoms in total. The lowest BCUT2D eigenvalue weighted by Gasteiger charge is -2.06. The average molecular weight is 305 g/mol. The number of alkyl halides is 3. The van der Waals surface area contributed by atoms with Gasteiger partial charge in [0, 0.05) is 5.56 Å². The van der Waals surface area contributed by atoms with Crippen LogP contribution in [0, 0.1) is 6.92 Å². The molecule has 0 N–H and O–H groups in total. The van der Waals surface area contributed by atoms with Crippen LogP contribution in [0.1, 0.15) is 26.4 Å². The van der Waals surface area contributed by atoms with Crippen LogP contribution in [-0.2, 0) is 6.18 Å². The van der Waals surface area contributed by atoms with Crippen LogP contribution < -0.4 is 0 Å². The summed E-state index contributed by atoms with van der Waals surface area (Å²) >= 11 is 6.98. The second kappa shape index (κ2) is 4.98. The van der Waals surface area contributed by atoms with Crippen molar-refractivity contribution in [2.75, 3.05) is 0 Å². The van der Waals surface area contributed by atoms with Crippen LogP contribution in [-0.4, -0.2) is 5.78 Å². The van der Waals surface area contributed by atoms with Gasteiger partial charge >= 0.3 is 6.18 Å². The Hall–Kier alpha value is -1.33. The number of ketones is 1. The van der Waals surface area contributed by atoms with Gasteiger partial charge in [0.1, 0.15) is 0 Å². The van der Waals surface area contributed by atoms with E-state index in [1.165, 1.54) is 12.1 Å².